The molecule has 1 heterocycles. The van der Waals surface area contributed by atoms with Crippen LogP contribution < -0.4 is 15.6 Å². The Morgan fingerprint density at radius 1 is 1.07 bits per heavy atom. The number of carbonyl (C=O) groups excluding carboxylic acids is 1. The van der Waals surface area contributed by atoms with Crippen molar-refractivity contribution in [1.29, 1.82) is 0 Å². The summed E-state index contributed by atoms with van der Waals surface area (Å²) in [6.07, 6.45) is 0.692. The summed E-state index contributed by atoms with van der Waals surface area (Å²) in [6, 6.07) is 14.4. The number of rotatable bonds is 6. The zero-order valence-corrected chi connectivity index (χ0v) is 15.5. The molecule has 0 saturated carbocycles. The predicted octanol–water partition coefficient (Wildman–Crippen LogP) is 2.47. The fourth-order valence-corrected chi connectivity index (χ4v) is 3.70. The number of aromatic nitrogens is 1. The van der Waals surface area contributed by atoms with Gasteiger partial charge in [-0.15, -0.1) is 0 Å². The third kappa shape index (κ3) is 4.24. The second-order valence-corrected chi connectivity index (χ2v) is 7.74. The summed E-state index contributed by atoms with van der Waals surface area (Å²) in [5.74, 6) is -0.488. The van der Waals surface area contributed by atoms with Crippen molar-refractivity contribution in [3.05, 3.63) is 70.6 Å². The fourth-order valence-electron chi connectivity index (χ4n) is 2.57. The van der Waals surface area contributed by atoms with Gasteiger partial charge in [-0.25, -0.2) is 13.1 Å². The number of anilines is 1. The minimum absolute atomic E-state index is 0.119. The first-order valence-corrected chi connectivity index (χ1v) is 9.92. The molecular formula is C19H19N3O4S. The average molecular weight is 385 g/mol. The molecule has 0 aliphatic carbocycles. The van der Waals surface area contributed by atoms with Crippen LogP contribution in [0.2, 0.25) is 0 Å². The highest BCUT2D eigenvalue weighted by Crippen LogP contribution is 2.16. The molecule has 3 aromatic rings. The van der Waals surface area contributed by atoms with Crippen LogP contribution >= 0.6 is 0 Å². The minimum atomic E-state index is -3.56. The molecule has 0 bridgehead atoms. The van der Waals surface area contributed by atoms with E-state index in [-0.39, 0.29) is 16.1 Å². The molecule has 140 valence electrons. The van der Waals surface area contributed by atoms with Gasteiger partial charge in [-0.1, -0.05) is 25.1 Å². The Morgan fingerprint density at radius 2 is 1.78 bits per heavy atom. The number of amides is 1. The molecule has 0 fully saturated rings. The van der Waals surface area contributed by atoms with Gasteiger partial charge in [0.15, 0.2) is 0 Å². The molecule has 0 aliphatic heterocycles. The van der Waals surface area contributed by atoms with Gasteiger partial charge in [-0.3, -0.25) is 9.59 Å². The quantitative estimate of drug-likeness (QED) is 0.606. The maximum atomic E-state index is 12.4. The highest BCUT2D eigenvalue weighted by Gasteiger charge is 2.14. The van der Waals surface area contributed by atoms with Crippen LogP contribution in [0.1, 0.15) is 23.8 Å². The molecule has 0 radical (unpaired) electrons. The van der Waals surface area contributed by atoms with Crippen molar-refractivity contribution in [2.24, 2.45) is 0 Å². The van der Waals surface area contributed by atoms with Crippen LogP contribution in [0, 0.1) is 0 Å². The van der Waals surface area contributed by atoms with E-state index < -0.39 is 15.9 Å². The first-order chi connectivity index (χ1) is 12.9. The molecule has 2 aromatic carbocycles. The van der Waals surface area contributed by atoms with Gasteiger partial charge in [0.25, 0.3) is 11.5 Å². The molecule has 27 heavy (non-hydrogen) atoms. The van der Waals surface area contributed by atoms with Crippen molar-refractivity contribution >= 4 is 32.4 Å². The Bertz CT molecular complexity index is 1140. The lowest BCUT2D eigenvalue weighted by Gasteiger charge is -2.08. The van der Waals surface area contributed by atoms with Crippen LogP contribution in [0.4, 0.5) is 5.69 Å². The second kappa shape index (κ2) is 7.73. The lowest BCUT2D eigenvalue weighted by Crippen LogP contribution is -2.24. The summed E-state index contributed by atoms with van der Waals surface area (Å²) in [4.78, 5) is 27.2. The van der Waals surface area contributed by atoms with E-state index in [1.807, 2.05) is 6.92 Å². The molecule has 1 aromatic heterocycles. The lowest BCUT2D eigenvalue weighted by molar-refractivity contribution is 0.102. The Hall–Kier alpha value is -2.97. The van der Waals surface area contributed by atoms with Crippen molar-refractivity contribution in [1.82, 2.24) is 9.71 Å². The molecule has 0 aliphatic rings. The Balaban J connectivity index is 1.79. The van der Waals surface area contributed by atoms with Gasteiger partial charge in [-0.2, -0.15) is 0 Å². The Kier molecular flexibility index (Phi) is 5.38. The standard InChI is InChI=1S/C19H19N3O4S/c1-2-11-20-27(25,26)15-9-7-14(8-10-15)21-19(24)17-12-13-5-3-4-6-16(13)18(23)22-17/h3-10,12,20H,2,11H2,1H3,(H,21,24)(H,22,23). The summed E-state index contributed by atoms with van der Waals surface area (Å²) in [7, 11) is -3.56. The zero-order valence-electron chi connectivity index (χ0n) is 14.7. The molecule has 0 spiro atoms. The van der Waals surface area contributed by atoms with Crippen molar-refractivity contribution in [2.75, 3.05) is 11.9 Å². The third-order valence-corrected chi connectivity index (χ3v) is 5.44. The second-order valence-electron chi connectivity index (χ2n) is 5.98. The number of aromatic amines is 1. The maximum Gasteiger partial charge on any atom is 0.272 e. The van der Waals surface area contributed by atoms with E-state index in [2.05, 4.69) is 15.0 Å². The molecular weight excluding hydrogens is 366 g/mol. The van der Waals surface area contributed by atoms with Gasteiger partial charge < -0.3 is 10.3 Å². The van der Waals surface area contributed by atoms with E-state index in [1.54, 1.807) is 30.3 Å². The third-order valence-electron chi connectivity index (χ3n) is 3.96. The van der Waals surface area contributed by atoms with Crippen LogP contribution in [0.5, 0.6) is 0 Å². The zero-order chi connectivity index (χ0) is 19.4. The van der Waals surface area contributed by atoms with Crippen molar-refractivity contribution in [2.45, 2.75) is 18.2 Å². The first kappa shape index (κ1) is 18.8. The van der Waals surface area contributed by atoms with Gasteiger partial charge in [0.2, 0.25) is 10.0 Å². The number of hydrogen-bond acceptors (Lipinski definition) is 4. The summed E-state index contributed by atoms with van der Waals surface area (Å²) >= 11 is 0. The van der Waals surface area contributed by atoms with E-state index in [0.29, 0.717) is 29.4 Å². The van der Waals surface area contributed by atoms with E-state index >= 15 is 0 Å². The van der Waals surface area contributed by atoms with Crippen molar-refractivity contribution < 1.29 is 13.2 Å². The van der Waals surface area contributed by atoms with Gasteiger partial charge in [0.1, 0.15) is 5.69 Å². The van der Waals surface area contributed by atoms with Gasteiger partial charge in [0, 0.05) is 17.6 Å². The Morgan fingerprint density at radius 3 is 2.48 bits per heavy atom. The van der Waals surface area contributed by atoms with Gasteiger partial charge in [0.05, 0.1) is 4.90 Å². The van der Waals surface area contributed by atoms with E-state index in [4.69, 9.17) is 0 Å². The number of fused-ring (bicyclic) bond motifs is 1. The predicted molar refractivity (Wildman–Crippen MR) is 104 cm³/mol. The summed E-state index contributed by atoms with van der Waals surface area (Å²) in [5, 5.41) is 3.81. The lowest BCUT2D eigenvalue weighted by atomic mass is 10.1. The largest absolute Gasteiger partial charge is 0.321 e. The van der Waals surface area contributed by atoms with Crippen molar-refractivity contribution in [3.8, 4) is 0 Å². The Labute approximate surface area is 156 Å². The molecule has 3 N–H and O–H groups in total. The smallest absolute Gasteiger partial charge is 0.272 e. The van der Waals surface area contributed by atoms with Crippen LogP contribution in [-0.2, 0) is 10.0 Å². The number of sulfonamides is 1. The fraction of sp³-hybridized carbons (Fsp3) is 0.158. The summed E-state index contributed by atoms with van der Waals surface area (Å²) in [6.45, 7) is 2.23. The number of H-pyrrole nitrogens is 1. The molecule has 0 atom stereocenters. The molecule has 3 rings (SSSR count). The normalized spacial score (nSPS) is 11.4. The summed E-state index contributed by atoms with van der Waals surface area (Å²) < 4.78 is 26.6. The SMILES string of the molecule is CCCNS(=O)(=O)c1ccc(NC(=O)c2cc3ccccc3c(=O)[nH]2)cc1. The van der Waals surface area contributed by atoms with Crippen LogP contribution in [0.3, 0.4) is 0 Å². The van der Waals surface area contributed by atoms with Crippen LogP contribution in [0.25, 0.3) is 10.8 Å². The number of nitrogens with one attached hydrogen (secondary N) is 3. The van der Waals surface area contributed by atoms with Crippen LogP contribution in [-0.4, -0.2) is 25.9 Å². The summed E-state index contributed by atoms with van der Waals surface area (Å²) in [5.41, 5.74) is 0.199. The molecule has 0 saturated heterocycles. The van der Waals surface area contributed by atoms with Gasteiger partial charge >= 0.3 is 0 Å². The van der Waals surface area contributed by atoms with E-state index in [1.165, 1.54) is 24.3 Å². The number of hydrogen-bond donors (Lipinski definition) is 3. The monoisotopic (exact) mass is 385 g/mol. The van der Waals surface area contributed by atoms with Crippen LogP contribution in [0.15, 0.2) is 64.3 Å². The molecule has 1 amide bonds. The first-order valence-electron chi connectivity index (χ1n) is 8.44. The number of pyridine rings is 1. The van der Waals surface area contributed by atoms with E-state index in [9.17, 15) is 18.0 Å². The van der Waals surface area contributed by atoms with E-state index in [0.717, 1.165) is 0 Å². The molecule has 0 unspecified atom stereocenters. The average Bonchev–Trinajstić information content (AvgIpc) is 2.67. The minimum Gasteiger partial charge on any atom is -0.321 e. The molecule has 7 nitrogen and oxygen atoms in total. The topological polar surface area (TPSA) is 108 Å². The van der Waals surface area contributed by atoms with Gasteiger partial charge in [-0.05, 0) is 48.2 Å². The number of carbonyl (C=O) groups is 1. The highest BCUT2D eigenvalue weighted by atomic mass is 32.2. The maximum absolute atomic E-state index is 12.4. The highest BCUT2D eigenvalue weighted by molar-refractivity contribution is 7.89. The number of benzene rings is 2. The molecule has 8 heteroatoms. The van der Waals surface area contributed by atoms with Crippen molar-refractivity contribution in [3.63, 3.8) is 0 Å².